The van der Waals surface area contributed by atoms with Crippen molar-refractivity contribution in [2.45, 2.75) is 78.6 Å². The molecule has 0 unspecified atom stereocenters. The molecule has 0 saturated heterocycles. The van der Waals surface area contributed by atoms with Crippen molar-refractivity contribution >= 4 is 45.0 Å². The Bertz CT molecular complexity index is 3240. The molecule has 0 aliphatic rings. The summed E-state index contributed by atoms with van der Waals surface area (Å²) in [6, 6.07) is 31.0. The van der Waals surface area contributed by atoms with Crippen LogP contribution in [0.2, 0.25) is 0 Å². The van der Waals surface area contributed by atoms with E-state index in [1.54, 1.807) is 97.1 Å². The number of anilines is 2. The molecular formula is C55H54F6N6O6. The Morgan fingerprint density at radius 2 is 1.01 bits per heavy atom. The van der Waals surface area contributed by atoms with Crippen LogP contribution >= 0.6 is 0 Å². The van der Waals surface area contributed by atoms with Gasteiger partial charge in [0.05, 0.1) is 42.4 Å². The van der Waals surface area contributed by atoms with Gasteiger partial charge in [-0.2, -0.15) is 26.3 Å². The van der Waals surface area contributed by atoms with Crippen LogP contribution < -0.4 is 24.8 Å². The molecule has 73 heavy (non-hydrogen) atoms. The molecule has 8 rings (SSSR count). The molecule has 0 amide bonds. The average molecular weight is 1010 g/mol. The van der Waals surface area contributed by atoms with Crippen LogP contribution in [-0.2, 0) is 0 Å². The van der Waals surface area contributed by atoms with Crippen LogP contribution in [0.25, 0.3) is 33.4 Å². The van der Waals surface area contributed by atoms with E-state index in [-0.39, 0.29) is 30.4 Å². The normalized spacial score (nSPS) is 11.5. The van der Waals surface area contributed by atoms with Gasteiger partial charge in [-0.15, -0.1) is 0 Å². The van der Waals surface area contributed by atoms with Gasteiger partial charge in [0.25, 0.3) is 0 Å². The van der Waals surface area contributed by atoms with Crippen LogP contribution in [0, 0.1) is 13.8 Å². The molecule has 6 aromatic carbocycles. The summed E-state index contributed by atoms with van der Waals surface area (Å²) in [4.78, 5) is 33.7. The Morgan fingerprint density at radius 1 is 0.575 bits per heavy atom. The number of alkyl halides is 6. The molecule has 2 heterocycles. The summed E-state index contributed by atoms with van der Waals surface area (Å²) in [5, 5.41) is 15.4. The van der Waals surface area contributed by atoms with Crippen LogP contribution in [0.15, 0.2) is 122 Å². The molecule has 8 aromatic rings. The van der Waals surface area contributed by atoms with E-state index in [0.717, 1.165) is 35.3 Å². The van der Waals surface area contributed by atoms with Crippen LogP contribution in [-0.4, -0.2) is 68.3 Å². The number of phenols is 1. The average Bonchev–Trinajstić information content (AvgIpc) is 3.96. The molecule has 3 N–H and O–H groups in total. The van der Waals surface area contributed by atoms with E-state index >= 15 is 0 Å². The SMILES string of the molecule is CCCC(=O)c1ccc(-n2cnc3c(NCCC(F)(F)F)cc(Oc4cccc(O)c4)cc32)cc1C.CCCC(=O)c1ccc(-n2cnc3c(NCCC(F)(F)F)cc(Oc4cccc(OC)c4)cc32)cc1C. The summed E-state index contributed by atoms with van der Waals surface area (Å²) in [6.45, 7) is 7.04. The molecule has 12 nitrogen and oxygen atoms in total. The lowest BCUT2D eigenvalue weighted by atomic mass is 10.0. The minimum Gasteiger partial charge on any atom is -0.508 e. The molecule has 18 heteroatoms. The highest BCUT2D eigenvalue weighted by Gasteiger charge is 2.28. The van der Waals surface area contributed by atoms with Crippen LogP contribution in [0.4, 0.5) is 37.7 Å². The molecule has 0 atom stereocenters. The zero-order valence-corrected chi connectivity index (χ0v) is 40.7. The molecule has 2 aromatic heterocycles. The highest BCUT2D eigenvalue weighted by Crippen LogP contribution is 2.37. The highest BCUT2D eigenvalue weighted by atomic mass is 19.4. The lowest BCUT2D eigenvalue weighted by molar-refractivity contribution is -0.132. The van der Waals surface area contributed by atoms with Gasteiger partial charge in [0, 0.05) is 84.8 Å². The van der Waals surface area contributed by atoms with E-state index < -0.39 is 25.2 Å². The number of aryl methyl sites for hydroxylation is 2. The number of rotatable bonds is 19. The van der Waals surface area contributed by atoms with Crippen molar-refractivity contribution in [3.05, 3.63) is 144 Å². The number of imidazole rings is 2. The summed E-state index contributed by atoms with van der Waals surface area (Å²) < 4.78 is 97.4. The Labute approximate surface area is 417 Å². The number of nitrogens with one attached hydrogen (secondary N) is 2. The maximum atomic E-state index is 12.8. The number of carbonyl (C=O) groups excluding carboxylic acids is 2. The van der Waals surface area contributed by atoms with Crippen LogP contribution in [0.5, 0.6) is 34.5 Å². The maximum absolute atomic E-state index is 12.8. The molecular weight excluding hydrogens is 955 g/mol. The number of hydrogen-bond acceptors (Lipinski definition) is 10. The number of methoxy groups -OCH3 is 1. The number of hydrogen-bond donors (Lipinski definition) is 3. The molecule has 0 bridgehead atoms. The second-order valence-electron chi connectivity index (χ2n) is 17.2. The van der Waals surface area contributed by atoms with E-state index in [1.807, 2.05) is 56.5 Å². The summed E-state index contributed by atoms with van der Waals surface area (Å²) in [5.41, 5.74) is 7.55. The lowest BCUT2D eigenvalue weighted by Crippen LogP contribution is -2.14. The van der Waals surface area contributed by atoms with Crippen LogP contribution in [0.1, 0.15) is 84.2 Å². The van der Waals surface area contributed by atoms with Gasteiger partial charge in [-0.25, -0.2) is 9.97 Å². The minimum atomic E-state index is -4.30. The molecule has 0 fully saturated rings. The number of fused-ring (bicyclic) bond motifs is 2. The van der Waals surface area contributed by atoms with Gasteiger partial charge in [0.1, 0.15) is 58.2 Å². The van der Waals surface area contributed by atoms with Gasteiger partial charge in [-0.3, -0.25) is 18.7 Å². The fourth-order valence-corrected chi connectivity index (χ4v) is 8.09. The number of benzene rings is 6. The second kappa shape index (κ2) is 23.0. The van der Waals surface area contributed by atoms with E-state index in [2.05, 4.69) is 20.6 Å². The zero-order valence-electron chi connectivity index (χ0n) is 40.7. The van der Waals surface area contributed by atoms with E-state index in [9.17, 15) is 41.0 Å². The Kier molecular flexibility index (Phi) is 16.7. The first-order chi connectivity index (χ1) is 34.8. The van der Waals surface area contributed by atoms with Crippen molar-refractivity contribution in [3.8, 4) is 45.9 Å². The summed E-state index contributed by atoms with van der Waals surface area (Å²) in [6.07, 6.45) is -4.89. The predicted molar refractivity (Wildman–Crippen MR) is 270 cm³/mol. The topological polar surface area (TPSA) is 142 Å². The summed E-state index contributed by atoms with van der Waals surface area (Å²) >= 11 is 0. The maximum Gasteiger partial charge on any atom is 0.390 e. The monoisotopic (exact) mass is 1010 g/mol. The largest absolute Gasteiger partial charge is 0.508 e. The van der Waals surface area contributed by atoms with Gasteiger partial charge in [-0.1, -0.05) is 26.0 Å². The van der Waals surface area contributed by atoms with Crippen molar-refractivity contribution < 1.29 is 55.2 Å². The molecule has 0 radical (unpaired) electrons. The van der Waals surface area contributed by atoms with Crippen molar-refractivity contribution in [3.63, 3.8) is 0 Å². The zero-order chi connectivity index (χ0) is 52.5. The van der Waals surface area contributed by atoms with Crippen molar-refractivity contribution in [1.82, 2.24) is 19.1 Å². The first-order valence-corrected chi connectivity index (χ1v) is 23.5. The Morgan fingerprint density at radius 3 is 1.42 bits per heavy atom. The van der Waals surface area contributed by atoms with Gasteiger partial charge in [-0.05, 0) is 98.5 Å². The number of aromatic nitrogens is 4. The number of aromatic hydroxyl groups is 1. The van der Waals surface area contributed by atoms with Gasteiger partial charge >= 0.3 is 12.4 Å². The van der Waals surface area contributed by atoms with Crippen molar-refractivity contribution in [2.75, 3.05) is 30.8 Å². The van der Waals surface area contributed by atoms with Crippen molar-refractivity contribution in [2.24, 2.45) is 0 Å². The fourth-order valence-electron chi connectivity index (χ4n) is 8.09. The second-order valence-corrected chi connectivity index (χ2v) is 17.2. The number of Topliss-reactive ketones (excluding diaryl/α,β-unsaturated/α-hetero) is 2. The van der Waals surface area contributed by atoms with Gasteiger partial charge in [0.2, 0.25) is 0 Å². The third kappa shape index (κ3) is 13.7. The predicted octanol–water partition coefficient (Wildman–Crippen LogP) is 14.7. The first kappa shape index (κ1) is 52.8. The molecule has 0 aliphatic heterocycles. The van der Waals surface area contributed by atoms with Gasteiger partial charge < -0.3 is 30.0 Å². The van der Waals surface area contributed by atoms with E-state index in [0.29, 0.717) is 86.2 Å². The lowest BCUT2D eigenvalue weighted by Gasteiger charge is -2.14. The fraction of sp³-hybridized carbons (Fsp3) is 0.273. The number of nitrogens with zero attached hydrogens (tertiary/aromatic N) is 4. The van der Waals surface area contributed by atoms with E-state index in [4.69, 9.17) is 14.2 Å². The number of halogens is 6. The van der Waals surface area contributed by atoms with Crippen LogP contribution in [0.3, 0.4) is 0 Å². The molecule has 0 spiro atoms. The Balaban J connectivity index is 0.000000214. The third-order valence-corrected chi connectivity index (χ3v) is 11.6. The quantitative estimate of drug-likeness (QED) is 0.0529. The first-order valence-electron chi connectivity index (χ1n) is 23.5. The summed E-state index contributed by atoms with van der Waals surface area (Å²) in [5.74, 6) is 2.47. The number of ether oxygens (including phenoxy) is 3. The third-order valence-electron chi connectivity index (χ3n) is 11.6. The summed E-state index contributed by atoms with van der Waals surface area (Å²) in [7, 11) is 1.55. The minimum absolute atomic E-state index is 0.0235. The van der Waals surface area contributed by atoms with Gasteiger partial charge in [0.15, 0.2) is 11.6 Å². The smallest absolute Gasteiger partial charge is 0.390 e. The molecule has 0 aliphatic carbocycles. The number of ketones is 2. The molecule has 382 valence electrons. The number of carbonyl (C=O) groups is 2. The number of phenolic OH excluding ortho intramolecular Hbond substituents is 1. The molecule has 0 saturated carbocycles. The highest BCUT2D eigenvalue weighted by molar-refractivity contribution is 5.99. The van der Waals surface area contributed by atoms with Crippen molar-refractivity contribution in [1.29, 1.82) is 0 Å². The Hall–Kier alpha value is -8.02. The standard InChI is InChI=1S/C28H28F3N3O3.C27H26F3N3O3/c1-4-6-26(35)23-10-9-19(13-18(23)2)34-17-33-27-24(32-12-11-28(29,30)31)15-22(16-25(27)34)37-21-8-5-7-20(14-21)36-3;1-3-5-25(35)22-9-8-18(12-17(22)2)33-16-32-26-23(31-11-10-27(28,29)30)14-21(15-24(26)33)36-20-7-4-6-19(34)13-20/h5,7-10,13-17,32H,4,6,11-12H2,1-3H3;4,6-9,12-16,31,34H,3,5,10-11H2,1-2H3. The van der Waals surface area contributed by atoms with E-state index in [1.165, 1.54) is 12.1 Å².